The Balaban J connectivity index is 3.30. The van der Waals surface area contributed by atoms with Crippen LogP contribution in [-0.2, 0) is 9.84 Å². The van der Waals surface area contributed by atoms with E-state index in [0.717, 1.165) is 6.07 Å². The molecule has 0 saturated heterocycles. The molecular weight excluding hydrogens is 243 g/mol. The van der Waals surface area contributed by atoms with Crippen LogP contribution in [0.3, 0.4) is 0 Å². The fraction of sp³-hybridized carbons (Fsp3) is 0.500. The van der Waals surface area contributed by atoms with Crippen molar-refractivity contribution in [3.8, 4) is 0 Å². The number of aryl methyl sites for hydroxylation is 1. The van der Waals surface area contributed by atoms with Crippen LogP contribution in [0.5, 0.6) is 0 Å². The van der Waals surface area contributed by atoms with Crippen LogP contribution < -0.4 is 0 Å². The Hall–Kier alpha value is -0.940. The number of aliphatic hydroxyl groups excluding tert-OH is 1. The van der Waals surface area contributed by atoms with Gasteiger partial charge in [0.25, 0.3) is 0 Å². The van der Waals surface area contributed by atoms with Crippen LogP contribution in [0.15, 0.2) is 23.1 Å². The Labute approximate surface area is 101 Å². The van der Waals surface area contributed by atoms with Gasteiger partial charge in [0.15, 0.2) is 9.84 Å². The molecule has 1 atom stereocenters. The second-order valence-electron chi connectivity index (χ2n) is 4.42. The van der Waals surface area contributed by atoms with Gasteiger partial charge in [0.05, 0.1) is 16.8 Å². The molecule has 3 nitrogen and oxygen atoms in total. The van der Waals surface area contributed by atoms with E-state index in [1.165, 1.54) is 12.1 Å². The van der Waals surface area contributed by atoms with Crippen LogP contribution >= 0.6 is 0 Å². The number of hydrogen-bond acceptors (Lipinski definition) is 3. The van der Waals surface area contributed by atoms with Crippen molar-refractivity contribution >= 4 is 9.84 Å². The molecule has 17 heavy (non-hydrogen) atoms. The highest BCUT2D eigenvalue weighted by molar-refractivity contribution is 7.92. The molecule has 0 saturated carbocycles. The Morgan fingerprint density at radius 1 is 1.35 bits per heavy atom. The molecule has 1 unspecified atom stereocenters. The van der Waals surface area contributed by atoms with Crippen molar-refractivity contribution in [2.24, 2.45) is 5.92 Å². The van der Waals surface area contributed by atoms with Gasteiger partial charge in [-0.15, -0.1) is 0 Å². The Morgan fingerprint density at radius 3 is 2.35 bits per heavy atom. The summed E-state index contributed by atoms with van der Waals surface area (Å²) >= 11 is 0. The summed E-state index contributed by atoms with van der Waals surface area (Å²) in [7, 11) is -3.61. The Morgan fingerprint density at radius 2 is 1.94 bits per heavy atom. The third-order valence-corrected chi connectivity index (χ3v) is 5.33. The molecule has 0 aliphatic rings. The molecule has 0 bridgehead atoms. The van der Waals surface area contributed by atoms with E-state index >= 15 is 0 Å². The minimum Gasteiger partial charge on any atom is -0.395 e. The van der Waals surface area contributed by atoms with Gasteiger partial charge in [0.2, 0.25) is 0 Å². The van der Waals surface area contributed by atoms with Crippen LogP contribution in [0.2, 0.25) is 0 Å². The topological polar surface area (TPSA) is 54.4 Å². The zero-order valence-electron chi connectivity index (χ0n) is 10.1. The molecule has 96 valence electrons. The van der Waals surface area contributed by atoms with E-state index in [9.17, 15) is 17.9 Å². The van der Waals surface area contributed by atoms with E-state index in [1.807, 2.05) is 0 Å². The third-order valence-electron chi connectivity index (χ3n) is 2.77. The van der Waals surface area contributed by atoms with Crippen molar-refractivity contribution < 1.29 is 17.9 Å². The lowest BCUT2D eigenvalue weighted by Crippen LogP contribution is -2.31. The number of hydrogen-bond donors (Lipinski definition) is 1. The minimum atomic E-state index is -3.61. The van der Waals surface area contributed by atoms with E-state index in [-0.39, 0.29) is 10.8 Å². The minimum absolute atomic E-state index is 0.0895. The first-order valence-corrected chi connectivity index (χ1v) is 6.96. The third kappa shape index (κ3) is 2.84. The second kappa shape index (κ2) is 5.14. The molecule has 1 N–H and O–H groups in total. The molecular formula is C12H17FO3S. The maximum atomic E-state index is 12.9. The van der Waals surface area contributed by atoms with Crippen molar-refractivity contribution in [1.29, 1.82) is 0 Å². The highest BCUT2D eigenvalue weighted by Crippen LogP contribution is 2.24. The standard InChI is InChI=1S/C12H17FO3S/c1-8(2)12(7-14)17(15,16)11-5-4-10(13)6-9(11)3/h4-6,8,12,14H,7H2,1-3H3. The van der Waals surface area contributed by atoms with Crippen LogP contribution in [0.1, 0.15) is 19.4 Å². The van der Waals surface area contributed by atoms with Gasteiger partial charge in [0.1, 0.15) is 5.82 Å². The maximum Gasteiger partial charge on any atom is 0.183 e. The molecule has 0 aliphatic heterocycles. The smallest absolute Gasteiger partial charge is 0.183 e. The molecule has 0 fully saturated rings. The highest BCUT2D eigenvalue weighted by Gasteiger charge is 2.30. The summed E-state index contributed by atoms with van der Waals surface area (Å²) < 4.78 is 37.4. The highest BCUT2D eigenvalue weighted by atomic mass is 32.2. The molecule has 0 spiro atoms. The SMILES string of the molecule is Cc1cc(F)ccc1S(=O)(=O)C(CO)C(C)C. The van der Waals surface area contributed by atoms with Gasteiger partial charge in [0, 0.05) is 0 Å². The molecule has 0 heterocycles. The van der Waals surface area contributed by atoms with Crippen molar-refractivity contribution in [3.05, 3.63) is 29.6 Å². The Kier molecular flexibility index (Phi) is 4.27. The molecule has 0 aromatic heterocycles. The average Bonchev–Trinajstić information content (AvgIpc) is 2.16. The number of aliphatic hydroxyl groups is 1. The van der Waals surface area contributed by atoms with Gasteiger partial charge in [-0.25, -0.2) is 12.8 Å². The summed E-state index contributed by atoms with van der Waals surface area (Å²) in [6.07, 6.45) is 0. The first kappa shape index (κ1) is 14.1. The van der Waals surface area contributed by atoms with Crippen LogP contribution in [-0.4, -0.2) is 25.4 Å². The number of rotatable bonds is 4. The fourth-order valence-corrected chi connectivity index (χ4v) is 3.77. The summed E-state index contributed by atoms with van der Waals surface area (Å²) in [6.45, 7) is 4.58. The van der Waals surface area contributed by atoms with Crippen molar-refractivity contribution in [3.63, 3.8) is 0 Å². The normalized spacial score (nSPS) is 14.0. The quantitative estimate of drug-likeness (QED) is 0.842. The first-order chi connectivity index (χ1) is 7.80. The van der Waals surface area contributed by atoms with E-state index in [1.54, 1.807) is 20.8 Å². The van der Waals surface area contributed by atoms with E-state index in [4.69, 9.17) is 0 Å². The second-order valence-corrected chi connectivity index (χ2v) is 6.56. The zero-order valence-corrected chi connectivity index (χ0v) is 11.0. The van der Waals surface area contributed by atoms with E-state index in [2.05, 4.69) is 0 Å². The summed E-state index contributed by atoms with van der Waals surface area (Å²) in [6, 6.07) is 3.56. The predicted molar refractivity (Wildman–Crippen MR) is 64.0 cm³/mol. The van der Waals surface area contributed by atoms with Gasteiger partial charge in [-0.3, -0.25) is 0 Å². The number of halogens is 1. The molecule has 1 rings (SSSR count). The van der Waals surface area contributed by atoms with Crippen LogP contribution in [0.25, 0.3) is 0 Å². The molecule has 1 aromatic rings. The summed E-state index contributed by atoms with van der Waals surface area (Å²) in [4.78, 5) is 0.0895. The number of sulfone groups is 1. The lowest BCUT2D eigenvalue weighted by Gasteiger charge is -2.19. The van der Waals surface area contributed by atoms with Crippen molar-refractivity contribution in [2.45, 2.75) is 30.9 Å². The molecule has 5 heteroatoms. The van der Waals surface area contributed by atoms with E-state index in [0.29, 0.717) is 5.56 Å². The van der Waals surface area contributed by atoms with E-state index < -0.39 is 27.5 Å². The van der Waals surface area contributed by atoms with Gasteiger partial charge in [-0.05, 0) is 36.6 Å². The molecule has 0 radical (unpaired) electrons. The lowest BCUT2D eigenvalue weighted by molar-refractivity contribution is 0.269. The summed E-state index contributed by atoms with van der Waals surface area (Å²) in [5.74, 6) is -0.666. The zero-order chi connectivity index (χ0) is 13.2. The van der Waals surface area contributed by atoms with Crippen LogP contribution in [0.4, 0.5) is 4.39 Å². The lowest BCUT2D eigenvalue weighted by atomic mass is 10.1. The fourth-order valence-electron chi connectivity index (χ4n) is 1.76. The summed E-state index contributed by atoms with van der Waals surface area (Å²) in [5, 5.41) is 8.33. The maximum absolute atomic E-state index is 12.9. The largest absolute Gasteiger partial charge is 0.395 e. The summed E-state index contributed by atoms with van der Waals surface area (Å²) in [5.41, 5.74) is 0.365. The predicted octanol–water partition coefficient (Wildman–Crippen LogP) is 1.92. The van der Waals surface area contributed by atoms with Gasteiger partial charge < -0.3 is 5.11 Å². The van der Waals surface area contributed by atoms with Gasteiger partial charge >= 0.3 is 0 Å². The molecule has 0 amide bonds. The van der Waals surface area contributed by atoms with Gasteiger partial charge in [-0.2, -0.15) is 0 Å². The van der Waals surface area contributed by atoms with Gasteiger partial charge in [-0.1, -0.05) is 13.8 Å². The molecule has 0 aliphatic carbocycles. The first-order valence-electron chi connectivity index (χ1n) is 5.41. The van der Waals surface area contributed by atoms with Crippen molar-refractivity contribution in [2.75, 3.05) is 6.61 Å². The van der Waals surface area contributed by atoms with Crippen molar-refractivity contribution in [1.82, 2.24) is 0 Å². The monoisotopic (exact) mass is 260 g/mol. The molecule has 1 aromatic carbocycles. The number of benzene rings is 1. The van der Waals surface area contributed by atoms with Crippen LogP contribution in [0, 0.1) is 18.7 Å². The average molecular weight is 260 g/mol. The Bertz CT molecular complexity index is 494.